The van der Waals surface area contributed by atoms with Crippen molar-refractivity contribution in [3.63, 3.8) is 0 Å². The fourth-order valence-electron chi connectivity index (χ4n) is 3.55. The van der Waals surface area contributed by atoms with Gasteiger partial charge in [0.1, 0.15) is 11.3 Å². The topological polar surface area (TPSA) is 71.8 Å². The molecule has 0 spiro atoms. The van der Waals surface area contributed by atoms with E-state index in [1.165, 1.54) is 7.11 Å². The Hall–Kier alpha value is -2.50. The first-order chi connectivity index (χ1) is 12.0. The first-order valence-electron chi connectivity index (χ1n) is 8.59. The maximum atomic E-state index is 12.5. The van der Waals surface area contributed by atoms with E-state index in [0.29, 0.717) is 26.1 Å². The summed E-state index contributed by atoms with van der Waals surface area (Å²) in [6.07, 6.45) is 0.634. The fraction of sp³-hybridized carbons (Fsp3) is 0.474. The summed E-state index contributed by atoms with van der Waals surface area (Å²) < 4.78 is 10.6. The summed E-state index contributed by atoms with van der Waals surface area (Å²) in [5, 5.41) is 4.00. The van der Waals surface area contributed by atoms with Gasteiger partial charge in [0.15, 0.2) is 0 Å². The number of furan rings is 1. The second-order valence-corrected chi connectivity index (χ2v) is 6.63. The molecule has 3 rings (SSSR count). The second kappa shape index (κ2) is 7.17. The van der Waals surface area contributed by atoms with Crippen LogP contribution in [0, 0.1) is 18.8 Å². The number of rotatable bonds is 3. The van der Waals surface area contributed by atoms with Gasteiger partial charge in [-0.25, -0.2) is 4.79 Å². The van der Waals surface area contributed by atoms with Gasteiger partial charge >= 0.3 is 12.0 Å². The van der Waals surface area contributed by atoms with Crippen LogP contribution in [-0.2, 0) is 16.1 Å². The van der Waals surface area contributed by atoms with Gasteiger partial charge in [-0.3, -0.25) is 4.79 Å². The van der Waals surface area contributed by atoms with Crippen molar-refractivity contribution in [1.29, 1.82) is 0 Å². The molecule has 1 saturated heterocycles. The highest BCUT2D eigenvalue weighted by Crippen LogP contribution is 2.26. The quantitative estimate of drug-likeness (QED) is 0.869. The molecule has 2 aromatic rings. The molecule has 134 valence electrons. The molecule has 0 unspecified atom stereocenters. The number of likely N-dealkylation sites (tertiary alicyclic amines) is 1. The van der Waals surface area contributed by atoms with Gasteiger partial charge in [0.05, 0.1) is 13.0 Å². The summed E-state index contributed by atoms with van der Waals surface area (Å²) >= 11 is 0. The molecule has 1 aromatic heterocycles. The standard InChI is InChI=1S/C19H24N2O4/c1-12-11-21(9-8-14(12)18(22)24-3)19(23)20-10-16-13(2)25-17-7-5-4-6-15(16)17/h4-7,12,14H,8-11H2,1-3H3,(H,20,23)/t12-,14-/m1/s1. The third-order valence-corrected chi connectivity index (χ3v) is 5.01. The molecule has 2 heterocycles. The van der Waals surface area contributed by atoms with E-state index in [2.05, 4.69) is 5.32 Å². The SMILES string of the molecule is COC(=O)[C@@H]1CCN(C(=O)NCc2c(C)oc3ccccc23)C[C@H]1C. The van der Waals surface area contributed by atoms with Gasteiger partial charge in [-0.2, -0.15) is 0 Å². The molecule has 6 heteroatoms. The number of benzene rings is 1. The number of ether oxygens (including phenoxy) is 1. The van der Waals surface area contributed by atoms with Gasteiger partial charge in [0, 0.05) is 30.6 Å². The zero-order valence-corrected chi connectivity index (χ0v) is 14.9. The average molecular weight is 344 g/mol. The Labute approximate surface area is 147 Å². The first kappa shape index (κ1) is 17.3. The van der Waals surface area contributed by atoms with E-state index in [1.54, 1.807) is 4.90 Å². The van der Waals surface area contributed by atoms with Crippen molar-refractivity contribution >= 4 is 23.0 Å². The summed E-state index contributed by atoms with van der Waals surface area (Å²) in [6, 6.07) is 7.70. The largest absolute Gasteiger partial charge is 0.469 e. The number of esters is 1. The Bertz CT molecular complexity index is 783. The van der Waals surface area contributed by atoms with E-state index in [-0.39, 0.29) is 23.8 Å². The zero-order chi connectivity index (χ0) is 18.0. The van der Waals surface area contributed by atoms with E-state index in [0.717, 1.165) is 22.3 Å². The van der Waals surface area contributed by atoms with E-state index < -0.39 is 0 Å². The number of fused-ring (bicyclic) bond motifs is 1. The monoisotopic (exact) mass is 344 g/mol. The number of piperidine rings is 1. The van der Waals surface area contributed by atoms with Gasteiger partial charge in [-0.1, -0.05) is 25.1 Å². The lowest BCUT2D eigenvalue weighted by atomic mass is 9.87. The minimum absolute atomic E-state index is 0.0865. The Morgan fingerprint density at radius 3 is 2.84 bits per heavy atom. The molecule has 1 aromatic carbocycles. The van der Waals surface area contributed by atoms with Crippen molar-refractivity contribution in [2.45, 2.75) is 26.8 Å². The summed E-state index contributed by atoms with van der Waals surface area (Å²) in [7, 11) is 1.41. The van der Waals surface area contributed by atoms with Gasteiger partial charge in [0.2, 0.25) is 0 Å². The number of hydrogen-bond donors (Lipinski definition) is 1. The van der Waals surface area contributed by atoms with Gasteiger partial charge < -0.3 is 19.4 Å². The summed E-state index contributed by atoms with van der Waals surface area (Å²) in [4.78, 5) is 26.0. The number of amides is 2. The van der Waals surface area contributed by atoms with Crippen LogP contribution in [-0.4, -0.2) is 37.1 Å². The predicted octanol–water partition coefficient (Wildman–Crippen LogP) is 3.08. The Balaban J connectivity index is 1.61. The van der Waals surface area contributed by atoms with Gasteiger partial charge in [-0.05, 0) is 25.3 Å². The van der Waals surface area contributed by atoms with Crippen molar-refractivity contribution in [2.24, 2.45) is 11.8 Å². The molecular weight excluding hydrogens is 320 g/mol. The molecule has 25 heavy (non-hydrogen) atoms. The van der Waals surface area contributed by atoms with Gasteiger partial charge in [-0.15, -0.1) is 0 Å². The number of para-hydroxylation sites is 1. The third-order valence-electron chi connectivity index (χ3n) is 5.01. The molecule has 1 aliphatic rings. The van der Waals surface area contributed by atoms with Crippen LogP contribution in [0.2, 0.25) is 0 Å². The molecule has 1 aliphatic heterocycles. The minimum Gasteiger partial charge on any atom is -0.469 e. The van der Waals surface area contributed by atoms with E-state index in [4.69, 9.17) is 9.15 Å². The van der Waals surface area contributed by atoms with E-state index in [9.17, 15) is 9.59 Å². The molecule has 0 saturated carbocycles. The third kappa shape index (κ3) is 3.48. The lowest BCUT2D eigenvalue weighted by molar-refractivity contribution is -0.148. The fourth-order valence-corrected chi connectivity index (χ4v) is 3.55. The molecular formula is C19H24N2O4. The van der Waals surface area contributed by atoms with Crippen molar-refractivity contribution in [3.8, 4) is 0 Å². The summed E-state index contributed by atoms with van der Waals surface area (Å²) in [5.74, 6) is 0.588. The van der Waals surface area contributed by atoms with Crippen molar-refractivity contribution in [2.75, 3.05) is 20.2 Å². The first-order valence-corrected chi connectivity index (χ1v) is 8.59. The molecule has 2 amide bonds. The molecule has 6 nitrogen and oxygen atoms in total. The number of nitrogens with zero attached hydrogens (tertiary/aromatic N) is 1. The Morgan fingerprint density at radius 1 is 1.36 bits per heavy atom. The van der Waals surface area contributed by atoms with Crippen LogP contribution in [0.3, 0.4) is 0 Å². The normalized spacial score (nSPS) is 20.5. The number of methoxy groups -OCH3 is 1. The van der Waals surface area contributed by atoms with Crippen molar-refractivity contribution < 1.29 is 18.7 Å². The van der Waals surface area contributed by atoms with Gasteiger partial charge in [0.25, 0.3) is 0 Å². The number of carbonyl (C=O) groups excluding carboxylic acids is 2. The highest BCUT2D eigenvalue weighted by Gasteiger charge is 2.33. The van der Waals surface area contributed by atoms with Crippen LogP contribution in [0.5, 0.6) is 0 Å². The molecule has 1 N–H and O–H groups in total. The van der Waals surface area contributed by atoms with E-state index >= 15 is 0 Å². The van der Waals surface area contributed by atoms with E-state index in [1.807, 2.05) is 38.1 Å². The summed E-state index contributed by atoms with van der Waals surface area (Å²) in [6.45, 7) is 5.42. The maximum absolute atomic E-state index is 12.5. The average Bonchev–Trinajstić information content (AvgIpc) is 2.94. The second-order valence-electron chi connectivity index (χ2n) is 6.63. The smallest absolute Gasteiger partial charge is 0.317 e. The molecule has 2 atom stereocenters. The highest BCUT2D eigenvalue weighted by atomic mass is 16.5. The molecule has 0 aliphatic carbocycles. The number of urea groups is 1. The summed E-state index contributed by atoms with van der Waals surface area (Å²) in [5.41, 5.74) is 1.83. The Morgan fingerprint density at radius 2 is 2.12 bits per heavy atom. The number of carbonyl (C=O) groups is 2. The van der Waals surface area contributed by atoms with Crippen molar-refractivity contribution in [3.05, 3.63) is 35.6 Å². The highest BCUT2D eigenvalue weighted by molar-refractivity contribution is 5.83. The lowest BCUT2D eigenvalue weighted by Crippen LogP contribution is -2.48. The number of aryl methyl sites for hydroxylation is 1. The predicted molar refractivity (Wildman–Crippen MR) is 94.0 cm³/mol. The van der Waals surface area contributed by atoms with Crippen LogP contribution in [0.1, 0.15) is 24.7 Å². The van der Waals surface area contributed by atoms with Crippen LogP contribution in [0.15, 0.2) is 28.7 Å². The molecule has 0 bridgehead atoms. The molecule has 0 radical (unpaired) electrons. The van der Waals surface area contributed by atoms with Crippen molar-refractivity contribution in [1.82, 2.24) is 10.2 Å². The van der Waals surface area contributed by atoms with Crippen LogP contribution in [0.4, 0.5) is 4.79 Å². The lowest BCUT2D eigenvalue weighted by Gasteiger charge is -2.35. The van der Waals surface area contributed by atoms with Crippen LogP contribution in [0.25, 0.3) is 11.0 Å². The Kier molecular flexibility index (Phi) is 4.97. The minimum atomic E-state index is -0.187. The van der Waals surface area contributed by atoms with Crippen LogP contribution < -0.4 is 5.32 Å². The molecule has 1 fully saturated rings. The maximum Gasteiger partial charge on any atom is 0.317 e. The number of hydrogen-bond acceptors (Lipinski definition) is 4. The number of nitrogens with one attached hydrogen (secondary N) is 1. The zero-order valence-electron chi connectivity index (χ0n) is 14.9. The van der Waals surface area contributed by atoms with Crippen LogP contribution >= 0.6 is 0 Å².